The molecule has 15 heavy (non-hydrogen) atoms. The van der Waals surface area contributed by atoms with E-state index in [0.29, 0.717) is 6.61 Å². The van der Waals surface area contributed by atoms with Crippen LogP contribution in [0.2, 0.25) is 0 Å². The number of rotatable bonds is 6. The first-order valence-electron chi connectivity index (χ1n) is 4.93. The van der Waals surface area contributed by atoms with Gasteiger partial charge in [0.2, 0.25) is 10.5 Å². The molecule has 0 aliphatic carbocycles. The third-order valence-corrected chi connectivity index (χ3v) is 2.45. The molecule has 0 atom stereocenters. The van der Waals surface area contributed by atoms with E-state index in [9.17, 15) is 0 Å². The van der Waals surface area contributed by atoms with E-state index < -0.39 is 0 Å². The Morgan fingerprint density at radius 3 is 2.40 bits per heavy atom. The van der Waals surface area contributed by atoms with Gasteiger partial charge in [-0.2, -0.15) is 0 Å². The van der Waals surface area contributed by atoms with Gasteiger partial charge in [0.05, 0.1) is 6.61 Å². The summed E-state index contributed by atoms with van der Waals surface area (Å²) in [6.45, 7) is 8.12. The van der Waals surface area contributed by atoms with Crippen LogP contribution in [0.4, 0.5) is 0 Å². The molecule has 1 nitrogen and oxygen atoms in total. The smallest absolute Gasteiger partial charge is 0.246 e. The molecule has 0 saturated carbocycles. The number of hydrogen-bond donors (Lipinski definition) is 0. The quantitative estimate of drug-likeness (QED) is 0.524. The van der Waals surface area contributed by atoms with Crippen molar-refractivity contribution >= 4 is 10.5 Å². The molecule has 1 rings (SSSR count). The topological polar surface area (TPSA) is 9.23 Å². The Labute approximate surface area is 95.0 Å². The van der Waals surface area contributed by atoms with E-state index >= 15 is 0 Å². The Balaban J connectivity index is 3.08. The molecular formula is C13H15OSi. The van der Waals surface area contributed by atoms with Gasteiger partial charge in [0.15, 0.2) is 0 Å². The van der Waals surface area contributed by atoms with E-state index in [4.69, 9.17) is 4.43 Å². The molecule has 0 N–H and O–H groups in total. The van der Waals surface area contributed by atoms with Crippen molar-refractivity contribution in [2.24, 2.45) is 0 Å². The fraction of sp³-hybridized carbons (Fsp3) is 0.231. The van der Waals surface area contributed by atoms with Gasteiger partial charge in [-0.15, -0.1) is 13.2 Å². The summed E-state index contributed by atoms with van der Waals surface area (Å²) < 4.78 is 4.99. The largest absolute Gasteiger partial charge is 0.414 e. The molecule has 1 aromatic carbocycles. The molecule has 0 unspecified atom stereocenters. The minimum absolute atomic E-state index is 0.574. The predicted molar refractivity (Wildman–Crippen MR) is 64.8 cm³/mol. The van der Waals surface area contributed by atoms with Gasteiger partial charge in [0.1, 0.15) is 0 Å². The molecule has 0 saturated heterocycles. The van der Waals surface area contributed by atoms with Crippen molar-refractivity contribution in [3.63, 3.8) is 0 Å². The highest BCUT2D eigenvalue weighted by Gasteiger charge is 2.05. The Kier molecular flexibility index (Phi) is 5.08. The molecule has 0 amide bonds. The monoisotopic (exact) mass is 215 g/mol. The Morgan fingerprint density at radius 1 is 1.13 bits per heavy atom. The summed E-state index contributed by atoms with van der Waals surface area (Å²) in [5.74, 6) is 0. The van der Waals surface area contributed by atoms with Crippen LogP contribution >= 0.6 is 0 Å². The summed E-state index contributed by atoms with van der Waals surface area (Å²) in [4.78, 5) is 0. The van der Waals surface area contributed by atoms with Crippen LogP contribution in [0, 0.1) is 0 Å². The molecule has 0 fully saturated rings. The van der Waals surface area contributed by atoms with Crippen molar-refractivity contribution in [3.8, 4) is 0 Å². The summed E-state index contributed by atoms with van der Waals surface area (Å²) in [5.41, 5.74) is 3.79. The molecule has 2 heteroatoms. The van der Waals surface area contributed by atoms with Crippen LogP contribution in [0.5, 0.6) is 0 Å². The first kappa shape index (κ1) is 11.9. The van der Waals surface area contributed by atoms with Crippen molar-refractivity contribution < 1.29 is 4.43 Å². The zero-order chi connectivity index (χ0) is 11.1. The van der Waals surface area contributed by atoms with Gasteiger partial charge >= 0.3 is 0 Å². The number of allylic oxidation sites excluding steroid dienone is 2. The van der Waals surface area contributed by atoms with E-state index in [1.165, 1.54) is 16.7 Å². The lowest BCUT2D eigenvalue weighted by Crippen LogP contribution is -2.00. The zero-order valence-electron chi connectivity index (χ0n) is 8.83. The Bertz CT molecular complexity index is 344. The van der Waals surface area contributed by atoms with Crippen LogP contribution < -0.4 is 0 Å². The van der Waals surface area contributed by atoms with Crippen molar-refractivity contribution in [1.29, 1.82) is 0 Å². The molecule has 0 aromatic heterocycles. The third-order valence-electron chi connectivity index (χ3n) is 2.31. The maximum Gasteiger partial charge on any atom is 0.246 e. The second kappa shape index (κ2) is 6.38. The number of hydrogen-bond acceptors (Lipinski definition) is 1. The minimum Gasteiger partial charge on any atom is -0.414 e. The summed E-state index contributed by atoms with van der Waals surface area (Å²) in [5, 5.41) is 0. The van der Waals surface area contributed by atoms with Gasteiger partial charge in [-0.3, -0.25) is 0 Å². The van der Waals surface area contributed by atoms with Crippen molar-refractivity contribution in [2.45, 2.75) is 19.4 Å². The van der Waals surface area contributed by atoms with Gasteiger partial charge in [-0.1, -0.05) is 30.4 Å². The lowest BCUT2D eigenvalue weighted by Gasteiger charge is -2.11. The average molecular weight is 215 g/mol. The standard InChI is InChI=1S/C13H15OSi/c1-3-6-11-8-5-9-12(10-14-15)13(11)7-4-2/h3-5,8-9H,1-2,6-7,10H2. The second-order valence-electron chi connectivity index (χ2n) is 3.33. The van der Waals surface area contributed by atoms with E-state index in [1.54, 1.807) is 0 Å². The van der Waals surface area contributed by atoms with Crippen LogP contribution in [0.25, 0.3) is 0 Å². The van der Waals surface area contributed by atoms with Crippen LogP contribution in [0.1, 0.15) is 16.7 Å². The van der Waals surface area contributed by atoms with Crippen molar-refractivity contribution in [3.05, 3.63) is 60.2 Å². The maximum absolute atomic E-state index is 4.99. The van der Waals surface area contributed by atoms with Crippen LogP contribution in [-0.2, 0) is 23.9 Å². The highest BCUT2D eigenvalue weighted by atomic mass is 28.2. The molecule has 3 radical (unpaired) electrons. The van der Waals surface area contributed by atoms with Crippen molar-refractivity contribution in [2.75, 3.05) is 0 Å². The van der Waals surface area contributed by atoms with Crippen LogP contribution in [0.15, 0.2) is 43.5 Å². The van der Waals surface area contributed by atoms with E-state index in [-0.39, 0.29) is 0 Å². The highest BCUT2D eigenvalue weighted by molar-refractivity contribution is 5.97. The van der Waals surface area contributed by atoms with Crippen LogP contribution in [0.3, 0.4) is 0 Å². The second-order valence-corrected chi connectivity index (χ2v) is 3.62. The lowest BCUT2D eigenvalue weighted by molar-refractivity contribution is 0.337. The predicted octanol–water partition coefficient (Wildman–Crippen LogP) is 2.74. The first-order chi connectivity index (χ1) is 7.33. The Morgan fingerprint density at radius 2 is 1.80 bits per heavy atom. The molecule has 0 aliphatic heterocycles. The fourth-order valence-electron chi connectivity index (χ4n) is 1.65. The SMILES string of the molecule is C=CCc1cccc(CO[Si])c1CC=C. The minimum atomic E-state index is 0.574. The lowest BCUT2D eigenvalue weighted by atomic mass is 9.96. The first-order valence-corrected chi connectivity index (χ1v) is 5.34. The van der Waals surface area contributed by atoms with Gasteiger partial charge in [0.25, 0.3) is 0 Å². The van der Waals surface area contributed by atoms with Gasteiger partial charge < -0.3 is 4.43 Å². The molecule has 77 valence electrons. The summed E-state index contributed by atoms with van der Waals surface area (Å²) in [7, 11) is 3.04. The maximum atomic E-state index is 4.99. The van der Waals surface area contributed by atoms with Gasteiger partial charge in [0, 0.05) is 0 Å². The third kappa shape index (κ3) is 3.18. The van der Waals surface area contributed by atoms with E-state index in [2.05, 4.69) is 35.8 Å². The molecule has 0 spiro atoms. The number of benzene rings is 1. The Hall–Kier alpha value is -1.12. The summed E-state index contributed by atoms with van der Waals surface area (Å²) >= 11 is 0. The van der Waals surface area contributed by atoms with Gasteiger partial charge in [-0.05, 0) is 29.5 Å². The molecular weight excluding hydrogens is 200 g/mol. The van der Waals surface area contributed by atoms with E-state index in [0.717, 1.165) is 12.8 Å². The highest BCUT2D eigenvalue weighted by Crippen LogP contribution is 2.18. The average Bonchev–Trinajstić information content (AvgIpc) is 2.23. The molecule has 0 bridgehead atoms. The van der Waals surface area contributed by atoms with Crippen molar-refractivity contribution in [1.82, 2.24) is 0 Å². The molecule has 1 aromatic rings. The zero-order valence-corrected chi connectivity index (χ0v) is 9.83. The van der Waals surface area contributed by atoms with Gasteiger partial charge in [-0.25, -0.2) is 0 Å². The molecule has 0 heterocycles. The molecule has 0 aliphatic rings. The van der Waals surface area contributed by atoms with E-state index in [1.807, 2.05) is 18.2 Å². The summed E-state index contributed by atoms with van der Waals surface area (Å²) in [6, 6.07) is 6.25. The fourth-order valence-corrected chi connectivity index (χ4v) is 1.81. The van der Waals surface area contributed by atoms with Crippen LogP contribution in [-0.4, -0.2) is 10.5 Å². The normalized spacial score (nSPS) is 9.93. The summed E-state index contributed by atoms with van der Waals surface area (Å²) in [6.07, 6.45) is 5.59.